The van der Waals surface area contributed by atoms with Gasteiger partial charge in [-0.15, -0.1) is 0 Å². The average Bonchev–Trinajstić information content (AvgIpc) is 2.91. The summed E-state index contributed by atoms with van der Waals surface area (Å²) in [5.41, 5.74) is 2.86. The molecule has 38 heavy (non-hydrogen) atoms. The second-order valence-electron chi connectivity index (χ2n) is 8.79. The lowest BCUT2D eigenvalue weighted by molar-refractivity contribution is 0.0953. The van der Waals surface area contributed by atoms with E-state index in [1.54, 1.807) is 60.7 Å². The van der Waals surface area contributed by atoms with Gasteiger partial charge in [-0.25, -0.2) is 12.8 Å². The van der Waals surface area contributed by atoms with Crippen molar-refractivity contribution in [3.8, 4) is 16.9 Å². The van der Waals surface area contributed by atoms with Gasteiger partial charge in [0.1, 0.15) is 16.5 Å². The van der Waals surface area contributed by atoms with Crippen LogP contribution in [0.4, 0.5) is 4.39 Å². The fourth-order valence-electron chi connectivity index (χ4n) is 4.18. The first kappa shape index (κ1) is 27.4. The Labute approximate surface area is 227 Å². The van der Waals surface area contributed by atoms with Gasteiger partial charge in [0, 0.05) is 22.7 Å². The predicted molar refractivity (Wildman–Crippen MR) is 148 cm³/mol. The van der Waals surface area contributed by atoms with Crippen molar-refractivity contribution >= 4 is 27.3 Å². The normalized spacial score (nSPS) is 11.2. The molecule has 0 aliphatic carbocycles. The second-order valence-corrected chi connectivity index (χ2v) is 11.2. The smallest absolute Gasteiger partial charge is 0.251 e. The zero-order valence-corrected chi connectivity index (χ0v) is 22.4. The summed E-state index contributed by atoms with van der Waals surface area (Å²) in [4.78, 5) is 12.3. The molecule has 8 heteroatoms. The highest BCUT2D eigenvalue weighted by atomic mass is 35.5. The molecule has 1 N–H and O–H groups in total. The summed E-state index contributed by atoms with van der Waals surface area (Å²) in [6.45, 7) is 0.466. The molecule has 0 saturated heterocycles. The molecule has 0 saturated carbocycles. The molecular weight excluding hydrogens is 525 g/mol. The number of carbonyl (C=O) groups is 1. The molecular formula is C30H27ClFNO4S. The van der Waals surface area contributed by atoms with Crippen molar-refractivity contribution in [2.24, 2.45) is 0 Å². The lowest BCUT2D eigenvalue weighted by Crippen LogP contribution is -2.24. The number of rotatable bonds is 10. The lowest BCUT2D eigenvalue weighted by Gasteiger charge is -2.13. The van der Waals surface area contributed by atoms with E-state index in [4.69, 9.17) is 16.3 Å². The first-order valence-electron chi connectivity index (χ1n) is 12.0. The molecule has 1 amide bonds. The molecule has 0 aromatic heterocycles. The number of aryl methyl sites for hydroxylation is 1. The Morgan fingerprint density at radius 1 is 0.921 bits per heavy atom. The maximum atomic E-state index is 14.3. The molecule has 4 aromatic carbocycles. The van der Waals surface area contributed by atoms with Crippen LogP contribution in [0.5, 0.6) is 5.75 Å². The number of ether oxygens (including phenoxy) is 1. The molecule has 0 aliphatic rings. The van der Waals surface area contributed by atoms with Crippen LogP contribution in [0.15, 0.2) is 95.9 Å². The molecule has 0 fully saturated rings. The maximum absolute atomic E-state index is 14.3. The number of sulfone groups is 1. The minimum absolute atomic E-state index is 0.00915. The van der Waals surface area contributed by atoms with Crippen molar-refractivity contribution < 1.29 is 22.3 Å². The Morgan fingerprint density at radius 2 is 1.68 bits per heavy atom. The summed E-state index contributed by atoms with van der Waals surface area (Å²) < 4.78 is 46.5. The van der Waals surface area contributed by atoms with Crippen LogP contribution < -0.4 is 10.1 Å². The summed E-state index contributed by atoms with van der Waals surface area (Å²) in [5.74, 6) is -0.656. The van der Waals surface area contributed by atoms with Crippen molar-refractivity contribution in [3.63, 3.8) is 0 Å². The van der Waals surface area contributed by atoms with E-state index in [1.165, 1.54) is 19.2 Å². The van der Waals surface area contributed by atoms with E-state index in [9.17, 15) is 17.6 Å². The predicted octanol–water partition coefficient (Wildman–Crippen LogP) is 6.49. The van der Waals surface area contributed by atoms with Crippen LogP contribution in [0.1, 0.15) is 27.9 Å². The first-order chi connectivity index (χ1) is 18.3. The van der Waals surface area contributed by atoms with Crippen LogP contribution >= 0.6 is 11.6 Å². The van der Waals surface area contributed by atoms with Crippen LogP contribution in [0, 0.1) is 5.82 Å². The van der Waals surface area contributed by atoms with E-state index in [1.807, 2.05) is 18.2 Å². The van der Waals surface area contributed by atoms with Crippen molar-refractivity contribution in [2.45, 2.75) is 23.5 Å². The van der Waals surface area contributed by atoms with E-state index in [0.29, 0.717) is 46.7 Å². The molecule has 4 rings (SSSR count). The lowest BCUT2D eigenvalue weighted by atomic mass is 10.1. The van der Waals surface area contributed by atoms with Gasteiger partial charge in [-0.1, -0.05) is 66.2 Å². The zero-order valence-electron chi connectivity index (χ0n) is 20.8. The highest BCUT2D eigenvalue weighted by Gasteiger charge is 2.22. The second kappa shape index (κ2) is 12.2. The third-order valence-corrected chi connectivity index (χ3v) is 7.98. The van der Waals surface area contributed by atoms with E-state index in [2.05, 4.69) is 5.32 Å². The van der Waals surface area contributed by atoms with Gasteiger partial charge in [0.15, 0.2) is 9.84 Å². The van der Waals surface area contributed by atoms with E-state index >= 15 is 0 Å². The summed E-state index contributed by atoms with van der Waals surface area (Å²) in [6, 6.07) is 25.0. The van der Waals surface area contributed by atoms with Gasteiger partial charge < -0.3 is 10.1 Å². The highest BCUT2D eigenvalue weighted by molar-refractivity contribution is 7.90. The summed E-state index contributed by atoms with van der Waals surface area (Å²) in [6.07, 6.45) is 1.34. The maximum Gasteiger partial charge on any atom is 0.251 e. The number of carbonyl (C=O) groups excluding carboxylic acids is 1. The molecule has 5 nitrogen and oxygen atoms in total. The van der Waals surface area contributed by atoms with Gasteiger partial charge in [-0.05, 0) is 65.9 Å². The SMILES string of the molecule is COc1ccc(-c2ccccc2F)cc1S(=O)(=O)Cc1cccc(CCCNC(=O)c2cccc(Cl)c2)c1. The van der Waals surface area contributed by atoms with Crippen LogP contribution in [0.25, 0.3) is 11.1 Å². The van der Waals surface area contributed by atoms with Crippen LogP contribution in [0.2, 0.25) is 5.02 Å². The number of amides is 1. The van der Waals surface area contributed by atoms with Crippen LogP contribution in [0.3, 0.4) is 0 Å². The summed E-state index contributed by atoms with van der Waals surface area (Å²) in [7, 11) is -2.40. The largest absolute Gasteiger partial charge is 0.495 e. The Balaban J connectivity index is 1.44. The monoisotopic (exact) mass is 551 g/mol. The number of hydrogen-bond donors (Lipinski definition) is 1. The van der Waals surface area contributed by atoms with Crippen molar-refractivity contribution in [2.75, 3.05) is 13.7 Å². The fourth-order valence-corrected chi connectivity index (χ4v) is 5.91. The molecule has 0 radical (unpaired) electrons. The van der Waals surface area contributed by atoms with Gasteiger partial charge in [-0.2, -0.15) is 0 Å². The van der Waals surface area contributed by atoms with E-state index < -0.39 is 15.7 Å². The highest BCUT2D eigenvalue weighted by Crippen LogP contribution is 2.33. The van der Waals surface area contributed by atoms with Crippen molar-refractivity contribution in [3.05, 3.63) is 119 Å². The standard InChI is InChI=1S/C30H27ClFNO4S/c1-37-28-15-14-23(26-12-2-3-13-27(26)32)19-29(28)38(35,36)20-22-8-4-7-21(17-22)9-6-16-33-30(34)24-10-5-11-25(31)18-24/h2-5,7-8,10-15,17-19H,6,9,16,20H2,1H3,(H,33,34). The minimum atomic E-state index is -3.80. The molecule has 196 valence electrons. The molecule has 0 spiro atoms. The van der Waals surface area contributed by atoms with Gasteiger partial charge in [0.2, 0.25) is 0 Å². The van der Waals surface area contributed by atoms with Gasteiger partial charge in [0.05, 0.1) is 12.9 Å². The Bertz CT molecular complexity index is 1560. The van der Waals surface area contributed by atoms with Crippen LogP contribution in [-0.2, 0) is 22.0 Å². The third kappa shape index (κ3) is 6.79. The van der Waals surface area contributed by atoms with Crippen molar-refractivity contribution in [1.29, 1.82) is 0 Å². The van der Waals surface area contributed by atoms with Crippen molar-refractivity contribution in [1.82, 2.24) is 5.32 Å². The number of benzene rings is 4. The number of nitrogens with one attached hydrogen (secondary N) is 1. The molecule has 0 heterocycles. The summed E-state index contributed by atoms with van der Waals surface area (Å²) >= 11 is 5.94. The average molecular weight is 552 g/mol. The molecule has 0 bridgehead atoms. The minimum Gasteiger partial charge on any atom is -0.495 e. The Kier molecular flexibility index (Phi) is 8.81. The fraction of sp³-hybridized carbons (Fsp3) is 0.167. The number of halogens is 2. The third-order valence-electron chi connectivity index (χ3n) is 6.05. The Morgan fingerprint density at radius 3 is 2.45 bits per heavy atom. The quantitative estimate of drug-likeness (QED) is 0.229. The van der Waals surface area contributed by atoms with Crippen LogP contribution in [-0.4, -0.2) is 28.0 Å². The zero-order chi connectivity index (χ0) is 27.1. The van der Waals surface area contributed by atoms with Gasteiger partial charge in [-0.3, -0.25) is 4.79 Å². The summed E-state index contributed by atoms with van der Waals surface area (Å²) in [5, 5.41) is 3.37. The Hall–Kier alpha value is -3.68. The molecule has 4 aromatic rings. The van der Waals surface area contributed by atoms with E-state index in [0.717, 1.165) is 5.56 Å². The number of hydrogen-bond acceptors (Lipinski definition) is 4. The van der Waals surface area contributed by atoms with Gasteiger partial charge >= 0.3 is 0 Å². The molecule has 0 unspecified atom stereocenters. The molecule has 0 atom stereocenters. The van der Waals surface area contributed by atoms with E-state index in [-0.39, 0.29) is 22.3 Å². The molecule has 0 aliphatic heterocycles. The number of methoxy groups -OCH3 is 1. The topological polar surface area (TPSA) is 72.5 Å². The van der Waals surface area contributed by atoms with Gasteiger partial charge in [0.25, 0.3) is 5.91 Å². The first-order valence-corrected chi connectivity index (χ1v) is 14.1.